The Morgan fingerprint density at radius 3 is 2.63 bits per heavy atom. The van der Waals surface area contributed by atoms with E-state index in [2.05, 4.69) is 5.32 Å². The van der Waals surface area contributed by atoms with Crippen molar-refractivity contribution in [3.8, 4) is 6.07 Å². The number of aliphatic carboxylic acids is 1. The van der Waals surface area contributed by atoms with Crippen LogP contribution in [-0.2, 0) is 9.53 Å². The van der Waals surface area contributed by atoms with Crippen molar-refractivity contribution in [3.63, 3.8) is 0 Å². The summed E-state index contributed by atoms with van der Waals surface area (Å²) in [5, 5.41) is 20.0. The second-order valence-electron chi connectivity index (χ2n) is 4.30. The van der Waals surface area contributed by atoms with Crippen LogP contribution >= 0.6 is 0 Å². The predicted octanol–water partition coefficient (Wildman–Crippen LogP) is 0.810. The number of nitriles is 1. The van der Waals surface area contributed by atoms with Crippen molar-refractivity contribution in [1.29, 1.82) is 5.26 Å². The van der Waals surface area contributed by atoms with E-state index in [0.717, 1.165) is 0 Å². The minimum absolute atomic E-state index is 0.200. The number of rotatable bonds is 8. The number of carbonyl (C=O) groups is 2. The summed E-state index contributed by atoms with van der Waals surface area (Å²) in [5.74, 6) is -1.08. The summed E-state index contributed by atoms with van der Waals surface area (Å²) >= 11 is 0. The zero-order valence-electron chi connectivity index (χ0n) is 11.5. The van der Waals surface area contributed by atoms with E-state index in [1.54, 1.807) is 6.92 Å². The fourth-order valence-electron chi connectivity index (χ4n) is 1.41. The molecule has 0 aliphatic rings. The normalized spacial score (nSPS) is 13.2. The molecule has 0 bridgehead atoms. The number of ether oxygens (including phenoxy) is 1. The molecule has 0 aromatic carbocycles. The van der Waals surface area contributed by atoms with E-state index in [1.807, 2.05) is 6.07 Å². The smallest absolute Gasteiger partial charge is 0.326 e. The molecule has 0 aliphatic heterocycles. The summed E-state index contributed by atoms with van der Waals surface area (Å²) in [7, 11) is 3.07. The largest absolute Gasteiger partial charge is 0.480 e. The highest BCUT2D eigenvalue weighted by molar-refractivity contribution is 5.82. The molecule has 2 atom stereocenters. The molecule has 2 amide bonds. The number of methoxy groups -OCH3 is 1. The molecule has 2 N–H and O–H groups in total. The number of carboxylic acids is 1. The van der Waals surface area contributed by atoms with Crippen molar-refractivity contribution in [2.24, 2.45) is 0 Å². The highest BCUT2D eigenvalue weighted by atomic mass is 16.5. The molecule has 0 radical (unpaired) electrons. The molecule has 0 spiro atoms. The summed E-state index contributed by atoms with van der Waals surface area (Å²) < 4.78 is 4.84. The van der Waals surface area contributed by atoms with Crippen molar-refractivity contribution in [2.75, 3.05) is 20.8 Å². The number of hydrogen-bond acceptors (Lipinski definition) is 4. The van der Waals surface area contributed by atoms with Crippen LogP contribution in [0.5, 0.6) is 0 Å². The number of carboxylic acid groups (broad SMARTS) is 1. The van der Waals surface area contributed by atoms with Crippen LogP contribution in [0.4, 0.5) is 4.79 Å². The Labute approximate surface area is 113 Å². The van der Waals surface area contributed by atoms with Crippen LogP contribution < -0.4 is 5.32 Å². The number of hydrogen-bond donors (Lipinski definition) is 2. The number of nitrogens with one attached hydrogen (secondary N) is 1. The molecule has 0 heterocycles. The van der Waals surface area contributed by atoms with Crippen LogP contribution in [0.3, 0.4) is 0 Å². The van der Waals surface area contributed by atoms with Gasteiger partial charge < -0.3 is 20.1 Å². The predicted molar refractivity (Wildman–Crippen MR) is 68.5 cm³/mol. The zero-order valence-corrected chi connectivity index (χ0v) is 11.5. The first kappa shape index (κ1) is 17.2. The summed E-state index contributed by atoms with van der Waals surface area (Å²) in [6.45, 7) is 2.17. The summed E-state index contributed by atoms with van der Waals surface area (Å²) in [4.78, 5) is 24.2. The van der Waals surface area contributed by atoms with Gasteiger partial charge in [-0.3, -0.25) is 0 Å². The van der Waals surface area contributed by atoms with Crippen molar-refractivity contribution in [2.45, 2.75) is 38.3 Å². The number of amides is 2. The SMILES string of the molecule is COCCCC(NC(=O)N(C)C(C)CC#N)C(=O)O. The lowest BCUT2D eigenvalue weighted by Gasteiger charge is -2.25. The lowest BCUT2D eigenvalue weighted by atomic mass is 10.1. The van der Waals surface area contributed by atoms with Crippen LogP contribution in [0.25, 0.3) is 0 Å². The first-order chi connectivity index (χ1) is 8.93. The molecule has 0 saturated carbocycles. The lowest BCUT2D eigenvalue weighted by Crippen LogP contribution is -2.49. The van der Waals surface area contributed by atoms with Gasteiger partial charge in [0.2, 0.25) is 0 Å². The maximum absolute atomic E-state index is 11.8. The zero-order chi connectivity index (χ0) is 14.8. The van der Waals surface area contributed by atoms with E-state index in [9.17, 15) is 9.59 Å². The van der Waals surface area contributed by atoms with Gasteiger partial charge >= 0.3 is 12.0 Å². The second kappa shape index (κ2) is 9.16. The minimum Gasteiger partial charge on any atom is -0.480 e. The molecule has 108 valence electrons. The summed E-state index contributed by atoms with van der Waals surface area (Å²) in [5.41, 5.74) is 0. The Morgan fingerprint density at radius 1 is 1.53 bits per heavy atom. The average molecular weight is 271 g/mol. The van der Waals surface area contributed by atoms with Gasteiger partial charge in [0.05, 0.1) is 12.5 Å². The van der Waals surface area contributed by atoms with Gasteiger partial charge in [-0.2, -0.15) is 5.26 Å². The number of urea groups is 1. The quantitative estimate of drug-likeness (QED) is 0.636. The Hall–Kier alpha value is -1.81. The highest BCUT2D eigenvalue weighted by Crippen LogP contribution is 2.03. The van der Waals surface area contributed by atoms with E-state index in [4.69, 9.17) is 15.1 Å². The summed E-state index contributed by atoms with van der Waals surface area (Å²) in [6.07, 6.45) is 1.05. The second-order valence-corrected chi connectivity index (χ2v) is 4.30. The number of nitrogens with zero attached hydrogens (tertiary/aromatic N) is 2. The van der Waals surface area contributed by atoms with E-state index in [0.29, 0.717) is 19.4 Å². The molecular weight excluding hydrogens is 250 g/mol. The standard InChI is InChI=1S/C12H21N3O4/c1-9(6-7-13)15(2)12(18)14-10(11(16)17)5-4-8-19-3/h9-10H,4-6,8H2,1-3H3,(H,14,18)(H,16,17). The van der Waals surface area contributed by atoms with Crippen LogP contribution in [-0.4, -0.2) is 54.9 Å². The Morgan fingerprint density at radius 2 is 2.16 bits per heavy atom. The van der Waals surface area contributed by atoms with Crippen molar-refractivity contribution in [3.05, 3.63) is 0 Å². The fraction of sp³-hybridized carbons (Fsp3) is 0.750. The van der Waals surface area contributed by atoms with E-state index in [-0.39, 0.29) is 12.5 Å². The van der Waals surface area contributed by atoms with E-state index < -0.39 is 18.0 Å². The third-order valence-electron chi connectivity index (χ3n) is 2.81. The molecule has 0 fully saturated rings. The molecule has 19 heavy (non-hydrogen) atoms. The monoisotopic (exact) mass is 271 g/mol. The molecule has 7 nitrogen and oxygen atoms in total. The fourth-order valence-corrected chi connectivity index (χ4v) is 1.41. The van der Waals surface area contributed by atoms with Crippen LogP contribution in [0, 0.1) is 11.3 Å². The van der Waals surface area contributed by atoms with Crippen molar-refractivity contribution >= 4 is 12.0 Å². The Balaban J connectivity index is 4.38. The Kier molecular flexibility index (Phi) is 8.29. The van der Waals surface area contributed by atoms with Crippen LogP contribution in [0.2, 0.25) is 0 Å². The third-order valence-corrected chi connectivity index (χ3v) is 2.81. The molecule has 2 unspecified atom stereocenters. The maximum atomic E-state index is 11.8. The molecule has 7 heteroatoms. The molecule has 0 aliphatic carbocycles. The van der Waals surface area contributed by atoms with Gasteiger partial charge in [-0.25, -0.2) is 9.59 Å². The van der Waals surface area contributed by atoms with Crippen molar-refractivity contribution in [1.82, 2.24) is 10.2 Å². The minimum atomic E-state index is -1.08. The first-order valence-electron chi connectivity index (χ1n) is 6.06. The molecular formula is C12H21N3O4. The van der Waals surface area contributed by atoms with Gasteiger partial charge in [0.15, 0.2) is 0 Å². The molecule has 0 aromatic rings. The first-order valence-corrected chi connectivity index (χ1v) is 6.06. The molecule has 0 aromatic heterocycles. The maximum Gasteiger partial charge on any atom is 0.326 e. The van der Waals surface area contributed by atoms with E-state index in [1.165, 1.54) is 19.1 Å². The van der Waals surface area contributed by atoms with Crippen LogP contribution in [0.15, 0.2) is 0 Å². The Bertz CT molecular complexity index is 340. The van der Waals surface area contributed by atoms with Gasteiger partial charge in [-0.1, -0.05) is 0 Å². The van der Waals surface area contributed by atoms with Crippen LogP contribution in [0.1, 0.15) is 26.2 Å². The van der Waals surface area contributed by atoms with Crippen molar-refractivity contribution < 1.29 is 19.4 Å². The number of carbonyl (C=O) groups excluding carboxylic acids is 1. The topological polar surface area (TPSA) is 103 Å². The van der Waals surface area contributed by atoms with Gasteiger partial charge in [0.25, 0.3) is 0 Å². The van der Waals surface area contributed by atoms with E-state index >= 15 is 0 Å². The van der Waals surface area contributed by atoms with Gasteiger partial charge in [-0.15, -0.1) is 0 Å². The highest BCUT2D eigenvalue weighted by Gasteiger charge is 2.23. The molecule has 0 saturated heterocycles. The third kappa shape index (κ3) is 6.62. The summed E-state index contributed by atoms with van der Waals surface area (Å²) in [6, 6.07) is 0.263. The average Bonchev–Trinajstić information content (AvgIpc) is 2.36. The van der Waals surface area contributed by atoms with Gasteiger partial charge in [0, 0.05) is 26.8 Å². The van der Waals surface area contributed by atoms with Gasteiger partial charge in [0.1, 0.15) is 6.04 Å². The molecule has 0 rings (SSSR count). The van der Waals surface area contributed by atoms with Gasteiger partial charge in [-0.05, 0) is 19.8 Å². The lowest BCUT2D eigenvalue weighted by molar-refractivity contribution is -0.139.